The maximum Gasteiger partial charge on any atom is 0.293 e. The van der Waals surface area contributed by atoms with Crippen molar-refractivity contribution in [1.29, 1.82) is 0 Å². The molecule has 1 aliphatic heterocycles. The molecule has 8 nitrogen and oxygen atoms in total. The van der Waals surface area contributed by atoms with E-state index in [4.69, 9.17) is 9.47 Å². The molecular formula is C12H16N2O6S. The van der Waals surface area contributed by atoms with Gasteiger partial charge in [-0.3, -0.25) is 10.1 Å². The molecule has 1 saturated heterocycles. The first-order valence-electron chi connectivity index (χ1n) is 6.32. The molecule has 1 aromatic carbocycles. The second-order valence-electron chi connectivity index (χ2n) is 4.54. The molecule has 9 heteroatoms. The van der Waals surface area contributed by atoms with Gasteiger partial charge >= 0.3 is 0 Å². The SMILES string of the molecule is COc1cc([N+](=O)[O-])c(S(=O)(=O)N2CCCC2)cc1OC. The van der Waals surface area contributed by atoms with Crippen LogP contribution in [-0.4, -0.2) is 45.0 Å². The first-order valence-corrected chi connectivity index (χ1v) is 7.76. The monoisotopic (exact) mass is 316 g/mol. The molecule has 0 spiro atoms. The molecule has 1 aliphatic rings. The van der Waals surface area contributed by atoms with Gasteiger partial charge in [-0.15, -0.1) is 0 Å². The Morgan fingerprint density at radius 1 is 1.14 bits per heavy atom. The third-order valence-corrected chi connectivity index (χ3v) is 5.27. The van der Waals surface area contributed by atoms with E-state index in [0.717, 1.165) is 25.0 Å². The molecular weight excluding hydrogens is 300 g/mol. The van der Waals surface area contributed by atoms with E-state index >= 15 is 0 Å². The molecule has 1 fully saturated rings. The van der Waals surface area contributed by atoms with Crippen LogP contribution in [-0.2, 0) is 10.0 Å². The Kier molecular flexibility index (Phi) is 4.33. The minimum atomic E-state index is -3.92. The summed E-state index contributed by atoms with van der Waals surface area (Å²) in [5.41, 5.74) is -0.514. The van der Waals surface area contributed by atoms with Gasteiger partial charge in [-0.25, -0.2) is 8.42 Å². The lowest BCUT2D eigenvalue weighted by Gasteiger charge is -2.17. The maximum absolute atomic E-state index is 12.6. The molecule has 1 aromatic rings. The zero-order chi connectivity index (χ0) is 15.6. The van der Waals surface area contributed by atoms with E-state index in [9.17, 15) is 18.5 Å². The van der Waals surface area contributed by atoms with Crippen molar-refractivity contribution in [2.24, 2.45) is 0 Å². The third-order valence-electron chi connectivity index (χ3n) is 3.34. The number of methoxy groups -OCH3 is 2. The lowest BCUT2D eigenvalue weighted by molar-refractivity contribution is -0.388. The number of ether oxygens (including phenoxy) is 2. The van der Waals surface area contributed by atoms with E-state index in [1.165, 1.54) is 18.5 Å². The quantitative estimate of drug-likeness (QED) is 0.601. The van der Waals surface area contributed by atoms with Crippen molar-refractivity contribution >= 4 is 15.7 Å². The lowest BCUT2D eigenvalue weighted by Crippen LogP contribution is -2.28. The second-order valence-corrected chi connectivity index (χ2v) is 6.45. The van der Waals surface area contributed by atoms with Gasteiger partial charge in [0, 0.05) is 19.2 Å². The molecule has 0 bridgehead atoms. The Morgan fingerprint density at radius 2 is 1.67 bits per heavy atom. The highest BCUT2D eigenvalue weighted by atomic mass is 32.2. The Balaban J connectivity index is 2.63. The number of hydrogen-bond acceptors (Lipinski definition) is 6. The standard InChI is InChI=1S/C12H16N2O6S/c1-19-10-7-9(14(15)16)12(8-11(10)20-2)21(17,18)13-5-3-4-6-13/h7-8H,3-6H2,1-2H3. The zero-order valence-electron chi connectivity index (χ0n) is 11.7. The predicted octanol–water partition coefficient (Wildman–Crippen LogP) is 1.40. The van der Waals surface area contributed by atoms with Crippen LogP contribution in [0.15, 0.2) is 17.0 Å². The topological polar surface area (TPSA) is 99.0 Å². The maximum atomic E-state index is 12.6. The van der Waals surface area contributed by atoms with E-state index in [-0.39, 0.29) is 16.4 Å². The summed E-state index contributed by atoms with van der Waals surface area (Å²) in [5.74, 6) is 0.255. The summed E-state index contributed by atoms with van der Waals surface area (Å²) in [5, 5.41) is 11.2. The van der Waals surface area contributed by atoms with Crippen LogP contribution in [0.4, 0.5) is 5.69 Å². The van der Waals surface area contributed by atoms with E-state index < -0.39 is 20.6 Å². The summed E-state index contributed by atoms with van der Waals surface area (Å²) in [4.78, 5) is 10.1. The van der Waals surface area contributed by atoms with Crippen LogP contribution in [0, 0.1) is 10.1 Å². The van der Waals surface area contributed by atoms with Crippen LogP contribution >= 0.6 is 0 Å². The minimum absolute atomic E-state index is 0.115. The average molecular weight is 316 g/mol. The number of nitrogens with zero attached hydrogens (tertiary/aromatic N) is 2. The fourth-order valence-electron chi connectivity index (χ4n) is 2.27. The molecule has 0 saturated carbocycles. The van der Waals surface area contributed by atoms with Gasteiger partial charge < -0.3 is 9.47 Å². The van der Waals surface area contributed by atoms with Gasteiger partial charge in [0.25, 0.3) is 5.69 Å². The van der Waals surface area contributed by atoms with E-state index in [1.807, 2.05) is 0 Å². The molecule has 116 valence electrons. The van der Waals surface area contributed by atoms with Gasteiger partial charge in [0.1, 0.15) is 0 Å². The van der Waals surface area contributed by atoms with Crippen molar-refractivity contribution in [3.8, 4) is 11.5 Å². The van der Waals surface area contributed by atoms with Gasteiger partial charge in [-0.2, -0.15) is 4.31 Å². The first-order chi connectivity index (χ1) is 9.91. The van der Waals surface area contributed by atoms with Crippen LogP contribution in [0.2, 0.25) is 0 Å². The summed E-state index contributed by atoms with van der Waals surface area (Å²) in [6, 6.07) is 2.21. The Morgan fingerprint density at radius 3 is 2.14 bits per heavy atom. The molecule has 0 unspecified atom stereocenters. The van der Waals surface area contributed by atoms with Gasteiger partial charge in [-0.1, -0.05) is 0 Å². The van der Waals surface area contributed by atoms with E-state index in [2.05, 4.69) is 0 Å². The van der Waals surface area contributed by atoms with Crippen molar-refractivity contribution in [3.05, 3.63) is 22.2 Å². The highest BCUT2D eigenvalue weighted by Gasteiger charge is 2.35. The van der Waals surface area contributed by atoms with Gasteiger partial charge in [-0.05, 0) is 12.8 Å². The molecule has 0 N–H and O–H groups in total. The van der Waals surface area contributed by atoms with Crippen molar-refractivity contribution in [2.75, 3.05) is 27.3 Å². The van der Waals surface area contributed by atoms with Crippen molar-refractivity contribution in [2.45, 2.75) is 17.7 Å². The molecule has 21 heavy (non-hydrogen) atoms. The lowest BCUT2D eigenvalue weighted by atomic mass is 10.3. The highest BCUT2D eigenvalue weighted by Crippen LogP contribution is 2.38. The van der Waals surface area contributed by atoms with E-state index in [1.54, 1.807) is 0 Å². The molecule has 0 aliphatic carbocycles. The van der Waals surface area contributed by atoms with Crippen molar-refractivity contribution in [3.63, 3.8) is 0 Å². The van der Waals surface area contributed by atoms with Crippen LogP contribution in [0.1, 0.15) is 12.8 Å². The predicted molar refractivity (Wildman–Crippen MR) is 74.2 cm³/mol. The van der Waals surface area contributed by atoms with Crippen LogP contribution in [0.5, 0.6) is 11.5 Å². The Labute approximate surface area is 122 Å². The fraction of sp³-hybridized carbons (Fsp3) is 0.500. The molecule has 0 aromatic heterocycles. The van der Waals surface area contributed by atoms with Crippen molar-refractivity contribution < 1.29 is 22.8 Å². The molecule has 2 rings (SSSR count). The zero-order valence-corrected chi connectivity index (χ0v) is 12.6. The van der Waals surface area contributed by atoms with Crippen molar-refractivity contribution in [1.82, 2.24) is 4.31 Å². The first kappa shape index (κ1) is 15.5. The van der Waals surface area contributed by atoms with Crippen LogP contribution in [0.3, 0.4) is 0 Å². The summed E-state index contributed by atoms with van der Waals surface area (Å²) >= 11 is 0. The third kappa shape index (κ3) is 2.79. The normalized spacial score (nSPS) is 15.9. The Hall–Kier alpha value is -1.87. The summed E-state index contributed by atoms with van der Waals surface area (Å²) < 4.78 is 36.4. The van der Waals surface area contributed by atoms with Gasteiger partial charge in [0.15, 0.2) is 16.4 Å². The molecule has 1 heterocycles. The smallest absolute Gasteiger partial charge is 0.293 e. The fourth-order valence-corrected chi connectivity index (χ4v) is 3.94. The van der Waals surface area contributed by atoms with E-state index in [0.29, 0.717) is 13.1 Å². The largest absolute Gasteiger partial charge is 0.493 e. The molecule has 0 radical (unpaired) electrons. The number of nitro benzene ring substituents is 1. The highest BCUT2D eigenvalue weighted by molar-refractivity contribution is 7.89. The second kappa shape index (κ2) is 5.86. The minimum Gasteiger partial charge on any atom is -0.493 e. The van der Waals surface area contributed by atoms with Gasteiger partial charge in [0.05, 0.1) is 25.2 Å². The van der Waals surface area contributed by atoms with Crippen LogP contribution < -0.4 is 9.47 Å². The number of sulfonamides is 1. The molecule has 0 amide bonds. The summed E-state index contributed by atoms with van der Waals surface area (Å²) in [6.45, 7) is 0.738. The molecule has 0 atom stereocenters. The summed E-state index contributed by atoms with van der Waals surface area (Å²) in [7, 11) is -1.24. The Bertz CT molecular complexity index is 652. The van der Waals surface area contributed by atoms with Gasteiger partial charge in [0.2, 0.25) is 10.0 Å². The number of benzene rings is 1. The van der Waals surface area contributed by atoms with Crippen LogP contribution in [0.25, 0.3) is 0 Å². The number of hydrogen-bond donors (Lipinski definition) is 0. The number of nitro groups is 1. The average Bonchev–Trinajstić information content (AvgIpc) is 3.00. The number of rotatable bonds is 5. The summed E-state index contributed by atoms with van der Waals surface area (Å²) in [6.07, 6.45) is 1.50.